The van der Waals surface area contributed by atoms with Gasteiger partial charge in [-0.3, -0.25) is 19.2 Å². The average Bonchev–Trinajstić information content (AvgIpc) is 3.17. The molecule has 19 atom stereocenters. The van der Waals surface area contributed by atoms with Crippen molar-refractivity contribution in [2.24, 2.45) is 29.4 Å². The summed E-state index contributed by atoms with van der Waals surface area (Å²) < 4.78 is 37.1. The lowest BCUT2D eigenvalue weighted by atomic mass is 9.74. The first-order valence-corrected chi connectivity index (χ1v) is 21.2. The van der Waals surface area contributed by atoms with Crippen molar-refractivity contribution in [1.82, 2.24) is 4.90 Å². The summed E-state index contributed by atoms with van der Waals surface area (Å²) in [7, 11) is 5.18. The van der Waals surface area contributed by atoms with Gasteiger partial charge in [-0.15, -0.1) is 0 Å². The van der Waals surface area contributed by atoms with Crippen LogP contribution in [0.5, 0.6) is 0 Å². The van der Waals surface area contributed by atoms with Crippen LogP contribution < -0.4 is 5.73 Å². The number of carbonyl (C=O) groups is 4. The number of Topliss-reactive ketones (excluding diaryl/α,β-unsaturated/α-hetero) is 1. The number of methoxy groups -OCH3 is 1. The Balaban J connectivity index is 0.00000113. The minimum Gasteiger partial charge on any atom is -0.481 e. The SMILES string of the molecule is CCC1OC(=O)[C@H](C)C(O[C@H]2C[C@@](C)(OC)[C@@H](O)[C@H](C)O2)[C@H](C)[C@@H](O[C@@H]2O[C@H](C)C[C@H](N(C)C)[C@H]2O)[C@](C)(O)C[C@@H](C)C(=O)[C@H](C)[C@@H](O)[C@]1(C)O.N[C@@H](CCC(=O)O)C(=O)O. The number of likely N-dealkylation sites (N-methyl/N-ethyl adjacent to an activating group) is 1. The van der Waals surface area contributed by atoms with E-state index in [1.54, 1.807) is 41.5 Å². The molecule has 3 aliphatic rings. The summed E-state index contributed by atoms with van der Waals surface area (Å²) in [4.78, 5) is 49.6. The van der Waals surface area contributed by atoms with Gasteiger partial charge in [-0.2, -0.15) is 0 Å². The van der Waals surface area contributed by atoms with Crippen LogP contribution in [0.1, 0.15) is 108 Å². The van der Waals surface area contributed by atoms with Gasteiger partial charge in [0.25, 0.3) is 0 Å². The molecule has 19 nitrogen and oxygen atoms in total. The van der Waals surface area contributed by atoms with Crippen LogP contribution in [0.15, 0.2) is 0 Å². The van der Waals surface area contributed by atoms with E-state index in [4.69, 9.17) is 44.4 Å². The summed E-state index contributed by atoms with van der Waals surface area (Å²) in [5.74, 6) is -7.17. The highest BCUT2D eigenvalue weighted by molar-refractivity contribution is 5.83. The zero-order chi connectivity index (χ0) is 47.1. The molecule has 0 aromatic carbocycles. The fourth-order valence-electron chi connectivity index (χ4n) is 8.81. The molecule has 356 valence electrons. The molecule has 0 saturated carbocycles. The number of hydrogen-bond donors (Lipinski definition) is 8. The highest BCUT2D eigenvalue weighted by Crippen LogP contribution is 2.40. The Labute approximate surface area is 360 Å². The molecule has 0 aromatic rings. The van der Waals surface area contributed by atoms with Gasteiger partial charge >= 0.3 is 17.9 Å². The number of carboxylic acid groups (broad SMARTS) is 2. The van der Waals surface area contributed by atoms with E-state index in [1.165, 1.54) is 27.9 Å². The first-order valence-electron chi connectivity index (χ1n) is 21.2. The third-order valence-corrected chi connectivity index (χ3v) is 12.8. The Morgan fingerprint density at radius 2 is 1.51 bits per heavy atom. The van der Waals surface area contributed by atoms with E-state index in [0.29, 0.717) is 6.42 Å². The molecule has 9 N–H and O–H groups in total. The lowest BCUT2D eigenvalue weighted by Crippen LogP contribution is -2.61. The van der Waals surface area contributed by atoms with E-state index >= 15 is 0 Å². The van der Waals surface area contributed by atoms with Gasteiger partial charge in [0.05, 0.1) is 47.6 Å². The highest BCUT2D eigenvalue weighted by Gasteiger charge is 2.53. The van der Waals surface area contributed by atoms with E-state index in [0.717, 1.165) is 0 Å². The van der Waals surface area contributed by atoms with Crippen molar-refractivity contribution in [3.05, 3.63) is 0 Å². The molecule has 19 heteroatoms. The van der Waals surface area contributed by atoms with Gasteiger partial charge in [-0.05, 0) is 81.3 Å². The molecule has 0 spiro atoms. The maximum atomic E-state index is 14.1. The molecule has 3 fully saturated rings. The number of nitrogens with zero attached hydrogens (tertiary/aromatic N) is 1. The van der Waals surface area contributed by atoms with Crippen molar-refractivity contribution in [1.29, 1.82) is 0 Å². The summed E-state index contributed by atoms with van der Waals surface area (Å²) in [5.41, 5.74) is 0.163. The minimum atomic E-state index is -1.99. The Kier molecular flexibility index (Phi) is 20.2. The summed E-state index contributed by atoms with van der Waals surface area (Å²) in [6.07, 6.45) is -9.93. The van der Waals surface area contributed by atoms with E-state index in [1.807, 2.05) is 25.9 Å². The van der Waals surface area contributed by atoms with Gasteiger partial charge in [-0.1, -0.05) is 27.7 Å². The summed E-state index contributed by atoms with van der Waals surface area (Å²) in [6, 6.07) is -1.38. The van der Waals surface area contributed by atoms with Crippen molar-refractivity contribution in [3.63, 3.8) is 0 Å². The summed E-state index contributed by atoms with van der Waals surface area (Å²) in [6.45, 7) is 16.3. The molecular formula is C42H76N2O17. The van der Waals surface area contributed by atoms with Crippen molar-refractivity contribution < 1.29 is 83.3 Å². The molecular weight excluding hydrogens is 804 g/mol. The van der Waals surface area contributed by atoms with Crippen LogP contribution in [0.2, 0.25) is 0 Å². The van der Waals surface area contributed by atoms with E-state index in [-0.39, 0.29) is 44.2 Å². The number of carboxylic acids is 2. The number of esters is 1. The zero-order valence-corrected chi connectivity index (χ0v) is 38.2. The quantitative estimate of drug-likeness (QED) is 0.135. The number of aliphatic hydroxyl groups is 5. The third-order valence-electron chi connectivity index (χ3n) is 12.8. The smallest absolute Gasteiger partial charge is 0.320 e. The predicted molar refractivity (Wildman–Crippen MR) is 219 cm³/mol. The zero-order valence-electron chi connectivity index (χ0n) is 38.2. The fourth-order valence-corrected chi connectivity index (χ4v) is 8.81. The van der Waals surface area contributed by atoms with Crippen molar-refractivity contribution in [2.45, 2.75) is 198 Å². The number of aliphatic hydroxyl groups excluding tert-OH is 3. The Hall–Kier alpha value is -2.40. The summed E-state index contributed by atoms with van der Waals surface area (Å²) >= 11 is 0. The topological polar surface area (TPSA) is 295 Å². The maximum absolute atomic E-state index is 14.1. The molecule has 0 bridgehead atoms. The molecule has 3 saturated heterocycles. The summed E-state index contributed by atoms with van der Waals surface area (Å²) in [5, 5.41) is 73.9. The normalized spacial score (nSPS) is 43.6. The molecule has 3 rings (SSSR count). The number of nitrogens with two attached hydrogens (primary N) is 1. The molecule has 2 unspecified atom stereocenters. The van der Waals surface area contributed by atoms with E-state index in [9.17, 15) is 44.7 Å². The number of aliphatic carboxylic acids is 2. The lowest BCUT2D eigenvalue weighted by Gasteiger charge is -2.49. The third kappa shape index (κ3) is 13.8. The predicted octanol–water partition coefficient (Wildman–Crippen LogP) is 1.05. The van der Waals surface area contributed by atoms with Gasteiger partial charge in [0, 0.05) is 43.7 Å². The van der Waals surface area contributed by atoms with Gasteiger partial charge in [0.15, 0.2) is 12.6 Å². The Morgan fingerprint density at radius 1 is 0.918 bits per heavy atom. The van der Waals surface area contributed by atoms with Crippen LogP contribution in [0.3, 0.4) is 0 Å². The Morgan fingerprint density at radius 3 is 2.02 bits per heavy atom. The molecule has 0 amide bonds. The van der Waals surface area contributed by atoms with Gasteiger partial charge in [-0.25, -0.2) is 0 Å². The number of hydrogen-bond acceptors (Lipinski definition) is 17. The second-order valence-electron chi connectivity index (χ2n) is 18.3. The van der Waals surface area contributed by atoms with Crippen LogP contribution in [0.4, 0.5) is 0 Å². The first-order chi connectivity index (χ1) is 28.0. The number of cyclic esters (lactones) is 1. The molecule has 61 heavy (non-hydrogen) atoms. The number of carbonyl (C=O) groups excluding carboxylic acids is 2. The van der Waals surface area contributed by atoms with E-state index < -0.39 is 126 Å². The van der Waals surface area contributed by atoms with Crippen LogP contribution in [0.25, 0.3) is 0 Å². The van der Waals surface area contributed by atoms with Crippen molar-refractivity contribution >= 4 is 23.7 Å². The van der Waals surface area contributed by atoms with E-state index in [2.05, 4.69) is 0 Å². The second kappa shape index (κ2) is 22.5. The maximum Gasteiger partial charge on any atom is 0.320 e. The lowest BCUT2D eigenvalue weighted by molar-refractivity contribution is -0.318. The van der Waals surface area contributed by atoms with Crippen molar-refractivity contribution in [3.8, 4) is 0 Å². The second-order valence-corrected chi connectivity index (χ2v) is 18.3. The monoisotopic (exact) mass is 881 g/mol. The van der Waals surface area contributed by atoms with Gasteiger partial charge in [0.1, 0.15) is 35.7 Å². The minimum absolute atomic E-state index is 0.0231. The van der Waals surface area contributed by atoms with Crippen LogP contribution in [-0.4, -0.2) is 176 Å². The van der Waals surface area contributed by atoms with Crippen molar-refractivity contribution in [2.75, 3.05) is 21.2 Å². The first kappa shape index (κ1) is 54.7. The molecule has 3 heterocycles. The number of ketones is 1. The highest BCUT2D eigenvalue weighted by atomic mass is 16.7. The fraction of sp³-hybridized carbons (Fsp3) is 0.905. The Bertz CT molecular complexity index is 1450. The average molecular weight is 881 g/mol. The molecule has 0 aliphatic carbocycles. The molecule has 0 radical (unpaired) electrons. The molecule has 3 aliphatic heterocycles. The standard InChI is InChI=1S/C37H67NO13.C5H9NO4/c1-14-25-37(10,45)30(41)20(4)27(39)18(2)16-35(8,44)32(51-34-28(40)24(38(11)12)15-19(3)47-34)21(5)29(22(6)33(43)49-25)50-26-17-36(9,46-13)31(42)23(7)48-26;6-3(5(9)10)1-2-4(7)8/h18-26,28-32,34,40-42,44-45H,14-17H2,1-13H3;3H,1-2,6H2,(H,7,8)(H,9,10)/t18-,19-,20+,21+,22-,23+,24+,25?,26+,28-,29?,30-,31+,32-,34+,35-,36-,37-;3-/m10/s1. The number of ether oxygens (including phenoxy) is 6. The van der Waals surface area contributed by atoms with Crippen LogP contribution in [0, 0.1) is 23.7 Å². The largest absolute Gasteiger partial charge is 0.481 e. The van der Waals surface area contributed by atoms with Gasteiger partial charge in [0.2, 0.25) is 0 Å². The van der Waals surface area contributed by atoms with Gasteiger partial charge < -0.3 is 74.8 Å². The number of rotatable bonds is 11. The van der Waals surface area contributed by atoms with Crippen LogP contribution in [-0.2, 0) is 47.6 Å². The molecule has 0 aromatic heterocycles. The van der Waals surface area contributed by atoms with Crippen LogP contribution >= 0.6 is 0 Å².